The van der Waals surface area contributed by atoms with Crippen LogP contribution in [0.5, 0.6) is 0 Å². The molecule has 1 N–H and O–H groups in total. The number of esters is 1. The zero-order chi connectivity index (χ0) is 39.1. The summed E-state index contributed by atoms with van der Waals surface area (Å²) in [5.74, 6) is -0.229. The Bertz CT molecular complexity index is 1050. The minimum atomic E-state index is -0.570. The van der Waals surface area contributed by atoms with E-state index in [9.17, 15) is 9.90 Å². The summed E-state index contributed by atoms with van der Waals surface area (Å²) in [4.78, 5) is 12.2. The van der Waals surface area contributed by atoms with Gasteiger partial charge in [-0.15, -0.1) is 0 Å². The second-order valence-electron chi connectivity index (χ2n) is 14.0. The molecule has 1 atom stereocenters. The van der Waals surface area contributed by atoms with Crippen molar-refractivity contribution < 1.29 is 19.4 Å². The number of rotatable bonds is 39. The lowest BCUT2D eigenvalue weighted by Crippen LogP contribution is -2.27. The van der Waals surface area contributed by atoms with Gasteiger partial charge in [0.15, 0.2) is 0 Å². The molecule has 0 amide bonds. The molecule has 0 bridgehead atoms. The van der Waals surface area contributed by atoms with Crippen molar-refractivity contribution in [3.63, 3.8) is 0 Å². The van der Waals surface area contributed by atoms with E-state index < -0.39 is 6.10 Å². The number of hydrogen-bond acceptors (Lipinski definition) is 4. The molecule has 0 saturated heterocycles. The van der Waals surface area contributed by atoms with E-state index in [0.29, 0.717) is 13.0 Å². The fourth-order valence-electron chi connectivity index (χ4n) is 5.57. The molecule has 4 nitrogen and oxygen atoms in total. The highest BCUT2D eigenvalue weighted by Gasteiger charge is 2.13. The van der Waals surface area contributed by atoms with Gasteiger partial charge in [-0.25, -0.2) is 0 Å². The van der Waals surface area contributed by atoms with Gasteiger partial charge in [0.25, 0.3) is 0 Å². The Hall–Kier alpha value is -2.95. The molecule has 0 aromatic carbocycles. The summed E-state index contributed by atoms with van der Waals surface area (Å²) in [5, 5.41) is 9.61. The lowest BCUT2D eigenvalue weighted by atomic mass is 10.1. The van der Waals surface area contributed by atoms with Crippen LogP contribution in [-0.2, 0) is 14.3 Å². The smallest absolute Gasteiger partial charge is 0.306 e. The van der Waals surface area contributed by atoms with Gasteiger partial charge >= 0.3 is 5.97 Å². The van der Waals surface area contributed by atoms with Gasteiger partial charge in [-0.3, -0.25) is 4.79 Å². The van der Waals surface area contributed by atoms with Crippen LogP contribution in [0.1, 0.15) is 174 Å². The van der Waals surface area contributed by atoms with E-state index >= 15 is 0 Å². The van der Waals surface area contributed by atoms with Crippen LogP contribution in [0.25, 0.3) is 0 Å². The molecular formula is C50H82O4. The molecule has 0 rings (SSSR count). The highest BCUT2D eigenvalue weighted by Crippen LogP contribution is 2.11. The third-order valence-corrected chi connectivity index (χ3v) is 8.83. The van der Waals surface area contributed by atoms with E-state index in [-0.39, 0.29) is 19.2 Å². The fourth-order valence-corrected chi connectivity index (χ4v) is 5.57. The summed E-state index contributed by atoms with van der Waals surface area (Å²) in [5.41, 5.74) is 0. The van der Waals surface area contributed by atoms with Crippen LogP contribution in [0.15, 0.2) is 109 Å². The minimum absolute atomic E-state index is 0.200. The van der Waals surface area contributed by atoms with Crippen molar-refractivity contribution in [3.8, 4) is 0 Å². The van der Waals surface area contributed by atoms with Crippen LogP contribution in [0, 0.1) is 0 Å². The summed E-state index contributed by atoms with van der Waals surface area (Å²) >= 11 is 0. The average Bonchev–Trinajstić information content (AvgIpc) is 3.18. The molecule has 0 aromatic heterocycles. The Morgan fingerprint density at radius 3 is 1.26 bits per heavy atom. The SMILES string of the molecule is CC/C=C\C/C=C\C/C=C\C/C=C\C/C=C\C/C=C\C/C=C\CCCCOCC(CO)OC(=O)CCCCCCCCC/C=C\C/C=C\CCCCCC. The Labute approximate surface area is 334 Å². The standard InChI is InChI=1S/C50H82O4/c1-3-5-7-9-11-13-15-17-19-21-23-24-25-26-27-28-30-32-34-36-38-40-42-44-46-53-48-49(47-51)54-50(52)45-43-41-39-37-35-33-31-29-22-20-18-16-14-12-10-8-6-4-2/h5,7,11,13-14,16-17,19-20,22-24,26-27,30,32,36,38,49,51H,3-4,6,8-10,12,15,18,21,25,28-29,31,33-35,37,39-48H2,1-2H3/b7-5-,13-11-,16-14-,19-17-,22-20-,24-23-,27-26-,32-30-,38-36-. The topological polar surface area (TPSA) is 55.8 Å². The van der Waals surface area contributed by atoms with Crippen LogP contribution < -0.4 is 0 Å². The largest absolute Gasteiger partial charge is 0.457 e. The summed E-state index contributed by atoms with van der Waals surface area (Å²) < 4.78 is 11.1. The molecule has 0 aliphatic carbocycles. The first-order valence-corrected chi connectivity index (χ1v) is 22.0. The van der Waals surface area contributed by atoms with E-state index in [1.165, 1.54) is 64.2 Å². The van der Waals surface area contributed by atoms with E-state index in [1.54, 1.807) is 0 Å². The van der Waals surface area contributed by atoms with Crippen molar-refractivity contribution >= 4 is 5.97 Å². The van der Waals surface area contributed by atoms with Gasteiger partial charge in [0.2, 0.25) is 0 Å². The third kappa shape index (κ3) is 43.5. The summed E-state index contributed by atoms with van der Waals surface area (Å²) in [6.07, 6.45) is 67.2. The quantitative estimate of drug-likeness (QED) is 0.0387. The molecule has 306 valence electrons. The van der Waals surface area contributed by atoms with Crippen LogP contribution >= 0.6 is 0 Å². The average molecular weight is 747 g/mol. The summed E-state index contributed by atoms with van der Waals surface area (Å²) in [7, 11) is 0. The Morgan fingerprint density at radius 1 is 0.463 bits per heavy atom. The molecule has 0 heterocycles. The molecule has 1 unspecified atom stereocenters. The number of ether oxygens (including phenoxy) is 2. The van der Waals surface area contributed by atoms with Gasteiger partial charge in [0.1, 0.15) is 6.10 Å². The van der Waals surface area contributed by atoms with Gasteiger partial charge in [0.05, 0.1) is 13.2 Å². The predicted octanol–water partition coefficient (Wildman–Crippen LogP) is 14.7. The number of aliphatic hydroxyl groups excluding tert-OH is 1. The Morgan fingerprint density at radius 2 is 0.833 bits per heavy atom. The normalized spacial score (nSPS) is 13.5. The van der Waals surface area contributed by atoms with Crippen LogP contribution in [0.4, 0.5) is 0 Å². The van der Waals surface area contributed by atoms with Crippen molar-refractivity contribution in [2.24, 2.45) is 0 Å². The van der Waals surface area contributed by atoms with Gasteiger partial charge in [-0.05, 0) is 103 Å². The van der Waals surface area contributed by atoms with Crippen molar-refractivity contribution in [1.29, 1.82) is 0 Å². The molecule has 0 saturated carbocycles. The number of carbonyl (C=O) groups is 1. The first kappa shape index (κ1) is 51.0. The summed E-state index contributed by atoms with van der Waals surface area (Å²) in [6, 6.07) is 0. The molecule has 0 spiro atoms. The van der Waals surface area contributed by atoms with Crippen molar-refractivity contribution in [2.75, 3.05) is 19.8 Å². The third-order valence-electron chi connectivity index (χ3n) is 8.83. The van der Waals surface area contributed by atoms with Crippen LogP contribution in [0.2, 0.25) is 0 Å². The number of hydrogen-bond donors (Lipinski definition) is 1. The molecule has 0 aliphatic rings. The lowest BCUT2D eigenvalue weighted by Gasteiger charge is -2.15. The molecule has 0 aromatic rings. The first-order valence-electron chi connectivity index (χ1n) is 22.0. The predicted molar refractivity (Wildman–Crippen MR) is 237 cm³/mol. The monoisotopic (exact) mass is 747 g/mol. The lowest BCUT2D eigenvalue weighted by molar-refractivity contribution is -0.154. The molecular weight excluding hydrogens is 665 g/mol. The van der Waals surface area contributed by atoms with E-state index in [1.807, 2.05) is 0 Å². The molecule has 0 aliphatic heterocycles. The van der Waals surface area contributed by atoms with Crippen molar-refractivity contribution in [1.82, 2.24) is 0 Å². The highest BCUT2D eigenvalue weighted by molar-refractivity contribution is 5.69. The molecule has 54 heavy (non-hydrogen) atoms. The van der Waals surface area contributed by atoms with Crippen LogP contribution in [-0.4, -0.2) is 37.0 Å². The van der Waals surface area contributed by atoms with Gasteiger partial charge in [-0.2, -0.15) is 0 Å². The minimum Gasteiger partial charge on any atom is -0.457 e. The Balaban J connectivity index is 3.60. The Kier molecular flexibility index (Phi) is 43.7. The molecule has 0 radical (unpaired) electrons. The zero-order valence-electron chi connectivity index (χ0n) is 34.9. The van der Waals surface area contributed by atoms with Crippen molar-refractivity contribution in [2.45, 2.75) is 180 Å². The maximum absolute atomic E-state index is 12.2. The number of unbranched alkanes of at least 4 members (excludes halogenated alkanes) is 13. The second kappa shape index (κ2) is 46.2. The molecule has 4 heteroatoms. The number of allylic oxidation sites excluding steroid dienone is 18. The first-order chi connectivity index (χ1) is 26.7. The van der Waals surface area contributed by atoms with Crippen LogP contribution in [0.3, 0.4) is 0 Å². The van der Waals surface area contributed by atoms with E-state index in [2.05, 4.69) is 123 Å². The maximum Gasteiger partial charge on any atom is 0.306 e. The van der Waals surface area contributed by atoms with E-state index in [0.717, 1.165) is 89.9 Å². The summed E-state index contributed by atoms with van der Waals surface area (Å²) in [6.45, 7) is 5.09. The highest BCUT2D eigenvalue weighted by atomic mass is 16.6. The second-order valence-corrected chi connectivity index (χ2v) is 14.0. The van der Waals surface area contributed by atoms with Gasteiger partial charge in [-0.1, -0.05) is 175 Å². The van der Waals surface area contributed by atoms with Gasteiger partial charge in [0, 0.05) is 13.0 Å². The zero-order valence-corrected chi connectivity index (χ0v) is 34.9. The number of carbonyl (C=O) groups excluding carboxylic acids is 1. The van der Waals surface area contributed by atoms with E-state index in [4.69, 9.17) is 9.47 Å². The fraction of sp³-hybridized carbons (Fsp3) is 0.620. The molecule has 0 fully saturated rings. The maximum atomic E-state index is 12.2. The van der Waals surface area contributed by atoms with Gasteiger partial charge < -0.3 is 14.6 Å². The number of aliphatic hydroxyl groups is 1. The van der Waals surface area contributed by atoms with Crippen molar-refractivity contribution in [3.05, 3.63) is 109 Å².